The molecule has 0 aliphatic heterocycles. The monoisotopic (exact) mass is 292 g/mol. The lowest BCUT2D eigenvalue weighted by Gasteiger charge is -2.03. The number of aryl methyl sites for hydroxylation is 1. The SMILES string of the molecule is Oc1ccccc1CCC(Br)Br. The molecule has 1 nitrogen and oxygen atoms in total. The number of phenols is 1. The van der Waals surface area contributed by atoms with Crippen molar-refractivity contribution in [2.75, 3.05) is 0 Å². The number of hydrogen-bond donors (Lipinski definition) is 1. The van der Waals surface area contributed by atoms with E-state index in [-0.39, 0.29) is 0 Å². The van der Waals surface area contributed by atoms with E-state index in [2.05, 4.69) is 31.9 Å². The van der Waals surface area contributed by atoms with Crippen LogP contribution in [0.3, 0.4) is 0 Å². The molecule has 0 aliphatic carbocycles. The van der Waals surface area contributed by atoms with Crippen molar-refractivity contribution in [3.63, 3.8) is 0 Å². The Morgan fingerprint density at radius 3 is 2.50 bits per heavy atom. The predicted octanol–water partition coefficient (Wildman–Crippen LogP) is 3.44. The first-order valence-corrected chi connectivity index (χ1v) is 5.58. The standard InChI is InChI=1S/C9H10Br2O/c10-9(11)6-5-7-3-1-2-4-8(7)12/h1-4,9,12H,5-6H2. The van der Waals surface area contributed by atoms with E-state index in [1.54, 1.807) is 6.07 Å². The molecule has 0 saturated carbocycles. The highest BCUT2D eigenvalue weighted by Gasteiger charge is 2.02. The van der Waals surface area contributed by atoms with E-state index in [1.165, 1.54) is 0 Å². The van der Waals surface area contributed by atoms with Crippen LogP contribution in [0.5, 0.6) is 5.75 Å². The molecule has 0 heterocycles. The third-order valence-corrected chi connectivity index (χ3v) is 2.54. The van der Waals surface area contributed by atoms with E-state index in [1.807, 2.05) is 18.2 Å². The summed E-state index contributed by atoms with van der Waals surface area (Å²) in [7, 11) is 0. The van der Waals surface area contributed by atoms with E-state index in [0.717, 1.165) is 18.4 Å². The summed E-state index contributed by atoms with van der Waals surface area (Å²) in [6, 6.07) is 7.43. The molecule has 1 rings (SSSR count). The molecule has 1 aromatic rings. The van der Waals surface area contributed by atoms with Gasteiger partial charge in [0, 0.05) is 0 Å². The molecule has 0 amide bonds. The maximum absolute atomic E-state index is 9.39. The van der Waals surface area contributed by atoms with Gasteiger partial charge in [-0.25, -0.2) is 0 Å². The number of benzene rings is 1. The quantitative estimate of drug-likeness (QED) is 0.847. The Kier molecular flexibility index (Phi) is 4.09. The van der Waals surface area contributed by atoms with Gasteiger partial charge in [-0.2, -0.15) is 0 Å². The fourth-order valence-electron chi connectivity index (χ4n) is 0.987. The smallest absolute Gasteiger partial charge is 0.118 e. The van der Waals surface area contributed by atoms with Gasteiger partial charge >= 0.3 is 0 Å². The van der Waals surface area contributed by atoms with E-state index in [0.29, 0.717) is 9.49 Å². The van der Waals surface area contributed by atoms with E-state index in [9.17, 15) is 5.11 Å². The molecule has 0 unspecified atom stereocenters. The molecule has 12 heavy (non-hydrogen) atoms. The van der Waals surface area contributed by atoms with E-state index in [4.69, 9.17) is 0 Å². The summed E-state index contributed by atoms with van der Waals surface area (Å²) in [5, 5.41) is 9.39. The van der Waals surface area contributed by atoms with Gasteiger partial charge in [-0.15, -0.1) is 0 Å². The van der Waals surface area contributed by atoms with E-state index < -0.39 is 0 Å². The van der Waals surface area contributed by atoms with Gasteiger partial charge in [0.1, 0.15) is 5.75 Å². The molecule has 0 radical (unpaired) electrons. The highest BCUT2D eigenvalue weighted by molar-refractivity contribution is 9.24. The van der Waals surface area contributed by atoms with Crippen molar-refractivity contribution >= 4 is 31.9 Å². The normalized spacial score (nSPS) is 10.6. The fourth-order valence-corrected chi connectivity index (χ4v) is 1.44. The van der Waals surface area contributed by atoms with Crippen LogP contribution >= 0.6 is 31.9 Å². The van der Waals surface area contributed by atoms with Crippen LogP contribution in [0.15, 0.2) is 24.3 Å². The molecule has 1 aromatic carbocycles. The summed E-state index contributed by atoms with van der Waals surface area (Å²) in [5.74, 6) is 0.387. The summed E-state index contributed by atoms with van der Waals surface area (Å²) in [6.07, 6.45) is 1.85. The van der Waals surface area contributed by atoms with Crippen molar-refractivity contribution in [3.8, 4) is 5.75 Å². The van der Waals surface area contributed by atoms with Crippen LogP contribution in [-0.2, 0) is 6.42 Å². The third kappa shape index (κ3) is 3.15. The van der Waals surface area contributed by atoms with Crippen molar-refractivity contribution in [1.82, 2.24) is 0 Å². The van der Waals surface area contributed by atoms with Gasteiger partial charge in [-0.1, -0.05) is 50.1 Å². The summed E-state index contributed by atoms with van der Waals surface area (Å²) in [4.78, 5) is 0. The Labute approximate surface area is 89.1 Å². The molecule has 0 spiro atoms. The Morgan fingerprint density at radius 1 is 1.25 bits per heavy atom. The Bertz CT molecular complexity index is 248. The maximum atomic E-state index is 9.39. The van der Waals surface area contributed by atoms with Gasteiger partial charge in [-0.3, -0.25) is 0 Å². The second-order valence-corrected chi connectivity index (χ2v) is 6.00. The molecule has 66 valence electrons. The van der Waals surface area contributed by atoms with Crippen LogP contribution in [0.1, 0.15) is 12.0 Å². The van der Waals surface area contributed by atoms with Crippen molar-refractivity contribution in [1.29, 1.82) is 0 Å². The number of hydrogen-bond acceptors (Lipinski definition) is 1. The topological polar surface area (TPSA) is 20.2 Å². The summed E-state index contributed by atoms with van der Waals surface area (Å²) in [6.45, 7) is 0. The van der Waals surface area contributed by atoms with Gasteiger partial charge in [0.2, 0.25) is 0 Å². The van der Waals surface area contributed by atoms with Crippen LogP contribution < -0.4 is 0 Å². The lowest BCUT2D eigenvalue weighted by molar-refractivity contribution is 0.467. The average Bonchev–Trinajstić information content (AvgIpc) is 2.03. The van der Waals surface area contributed by atoms with Gasteiger partial charge in [0.25, 0.3) is 0 Å². The van der Waals surface area contributed by atoms with Crippen LogP contribution in [-0.4, -0.2) is 8.84 Å². The lowest BCUT2D eigenvalue weighted by Crippen LogP contribution is -1.91. The Balaban J connectivity index is 2.57. The van der Waals surface area contributed by atoms with Crippen LogP contribution in [0, 0.1) is 0 Å². The first-order chi connectivity index (χ1) is 5.70. The van der Waals surface area contributed by atoms with Crippen molar-refractivity contribution in [2.45, 2.75) is 16.6 Å². The zero-order chi connectivity index (χ0) is 8.97. The summed E-state index contributed by atoms with van der Waals surface area (Å²) >= 11 is 6.78. The number of halogens is 2. The molecular formula is C9H10Br2O. The molecular weight excluding hydrogens is 284 g/mol. The maximum Gasteiger partial charge on any atom is 0.118 e. The first-order valence-electron chi connectivity index (χ1n) is 3.75. The first kappa shape index (κ1) is 10.1. The molecule has 3 heteroatoms. The van der Waals surface area contributed by atoms with Crippen LogP contribution in [0.4, 0.5) is 0 Å². The van der Waals surface area contributed by atoms with E-state index >= 15 is 0 Å². The molecule has 0 aromatic heterocycles. The van der Waals surface area contributed by atoms with Crippen molar-refractivity contribution in [3.05, 3.63) is 29.8 Å². The molecule has 1 N–H and O–H groups in total. The number of alkyl halides is 2. The van der Waals surface area contributed by atoms with Crippen molar-refractivity contribution in [2.24, 2.45) is 0 Å². The van der Waals surface area contributed by atoms with Crippen molar-refractivity contribution < 1.29 is 5.11 Å². The average molecular weight is 294 g/mol. The number of para-hydroxylation sites is 1. The zero-order valence-corrected chi connectivity index (χ0v) is 9.68. The Morgan fingerprint density at radius 2 is 1.92 bits per heavy atom. The molecule has 0 atom stereocenters. The third-order valence-electron chi connectivity index (χ3n) is 1.62. The Hall–Kier alpha value is -0.0200. The second-order valence-electron chi connectivity index (χ2n) is 2.56. The highest BCUT2D eigenvalue weighted by atomic mass is 79.9. The minimum atomic E-state index is 0.324. The summed E-state index contributed by atoms with van der Waals surface area (Å²) < 4.78 is 0.324. The van der Waals surface area contributed by atoms with Crippen LogP contribution in [0.2, 0.25) is 0 Å². The molecule has 0 fully saturated rings. The number of phenolic OH excluding ortho intramolecular Hbond substituents is 1. The second kappa shape index (κ2) is 4.87. The lowest BCUT2D eigenvalue weighted by atomic mass is 10.1. The minimum Gasteiger partial charge on any atom is -0.508 e. The largest absolute Gasteiger partial charge is 0.508 e. The van der Waals surface area contributed by atoms with Gasteiger partial charge < -0.3 is 5.11 Å². The molecule has 0 saturated heterocycles. The molecule has 0 bridgehead atoms. The van der Waals surface area contributed by atoms with Gasteiger partial charge in [0.05, 0.1) is 3.74 Å². The summed E-state index contributed by atoms with van der Waals surface area (Å²) in [5.41, 5.74) is 1.00. The highest BCUT2D eigenvalue weighted by Crippen LogP contribution is 2.21. The predicted molar refractivity (Wildman–Crippen MR) is 58.1 cm³/mol. The van der Waals surface area contributed by atoms with Crippen LogP contribution in [0.25, 0.3) is 0 Å². The minimum absolute atomic E-state index is 0.324. The van der Waals surface area contributed by atoms with Gasteiger partial charge in [-0.05, 0) is 24.5 Å². The molecule has 0 aliphatic rings. The number of aromatic hydroxyl groups is 1. The van der Waals surface area contributed by atoms with Gasteiger partial charge in [0.15, 0.2) is 0 Å². The fraction of sp³-hybridized carbons (Fsp3) is 0.333. The number of rotatable bonds is 3. The zero-order valence-electron chi connectivity index (χ0n) is 6.50.